The molecule has 17 heavy (non-hydrogen) atoms. The lowest BCUT2D eigenvalue weighted by atomic mass is 10.1. The Hall–Kier alpha value is -0.770. The molecular formula is C11H10Cl3NO2. The molecule has 3 nitrogen and oxygen atoms in total. The molecule has 0 saturated carbocycles. The van der Waals surface area contributed by atoms with E-state index >= 15 is 0 Å². The van der Waals surface area contributed by atoms with Gasteiger partial charge < -0.3 is 0 Å². The van der Waals surface area contributed by atoms with Gasteiger partial charge in [0.25, 0.3) is 0 Å². The number of hydrogen-bond acceptors (Lipinski definition) is 2. The zero-order valence-electron chi connectivity index (χ0n) is 9.21. The smallest absolute Gasteiger partial charge is 0.249 e. The van der Waals surface area contributed by atoms with Gasteiger partial charge in [-0.2, -0.15) is 0 Å². The Morgan fingerprint density at radius 2 is 1.82 bits per heavy atom. The Bertz CT molecular complexity index is 484. The molecular weight excluding hydrogens is 284 g/mol. The SMILES string of the molecule is CC(C)/C(=C/c1c(Cl)ccc(Cl)c1Cl)[N+](=O)[O-]. The molecule has 0 aliphatic carbocycles. The second-order valence-corrected chi connectivity index (χ2v) is 4.93. The molecule has 92 valence electrons. The minimum absolute atomic E-state index is 0.0380. The monoisotopic (exact) mass is 293 g/mol. The number of halogens is 3. The van der Waals surface area contributed by atoms with Gasteiger partial charge in [-0.15, -0.1) is 0 Å². The molecule has 0 unspecified atom stereocenters. The van der Waals surface area contributed by atoms with Crippen molar-refractivity contribution in [3.8, 4) is 0 Å². The Kier molecular flexibility index (Phi) is 4.80. The van der Waals surface area contributed by atoms with Crippen molar-refractivity contribution in [2.75, 3.05) is 0 Å². The number of nitrogens with zero attached hydrogens (tertiary/aromatic N) is 1. The van der Waals surface area contributed by atoms with Crippen LogP contribution in [0.3, 0.4) is 0 Å². The van der Waals surface area contributed by atoms with Crippen LogP contribution in [0.5, 0.6) is 0 Å². The molecule has 1 rings (SSSR count). The van der Waals surface area contributed by atoms with Crippen LogP contribution >= 0.6 is 34.8 Å². The minimum atomic E-state index is -0.446. The standard InChI is InChI=1S/C11H10Cl3NO2/c1-6(2)10(15(16)17)5-7-8(12)3-4-9(13)11(7)14/h3-6H,1-2H3/b10-5-. The van der Waals surface area contributed by atoms with Crippen molar-refractivity contribution in [1.82, 2.24) is 0 Å². The second-order valence-electron chi connectivity index (χ2n) is 3.74. The molecule has 0 radical (unpaired) electrons. The van der Waals surface area contributed by atoms with Crippen LogP contribution in [0.15, 0.2) is 17.8 Å². The first-order chi connectivity index (χ1) is 7.84. The highest BCUT2D eigenvalue weighted by Crippen LogP contribution is 2.33. The van der Waals surface area contributed by atoms with Crippen LogP contribution < -0.4 is 0 Å². The summed E-state index contributed by atoms with van der Waals surface area (Å²) in [5, 5.41) is 11.7. The number of nitro groups is 1. The average molecular weight is 295 g/mol. The summed E-state index contributed by atoms with van der Waals surface area (Å²) in [6.45, 7) is 3.45. The number of allylic oxidation sites excluding steroid dienone is 1. The second kappa shape index (κ2) is 5.71. The van der Waals surface area contributed by atoms with Crippen LogP contribution in [-0.4, -0.2) is 4.92 Å². The first-order valence-electron chi connectivity index (χ1n) is 4.84. The van der Waals surface area contributed by atoms with Crippen molar-refractivity contribution in [1.29, 1.82) is 0 Å². The molecule has 0 fully saturated rings. The number of hydrogen-bond donors (Lipinski definition) is 0. The third-order valence-corrected chi connectivity index (χ3v) is 3.32. The zero-order valence-corrected chi connectivity index (χ0v) is 11.5. The van der Waals surface area contributed by atoms with Gasteiger partial charge in [-0.3, -0.25) is 10.1 Å². The predicted molar refractivity (Wildman–Crippen MR) is 71.3 cm³/mol. The van der Waals surface area contributed by atoms with Gasteiger partial charge >= 0.3 is 0 Å². The van der Waals surface area contributed by atoms with E-state index in [1.165, 1.54) is 6.08 Å². The van der Waals surface area contributed by atoms with Crippen LogP contribution in [0.4, 0.5) is 0 Å². The largest absolute Gasteiger partial charge is 0.259 e. The molecule has 0 aromatic heterocycles. The molecule has 0 saturated heterocycles. The lowest BCUT2D eigenvalue weighted by Crippen LogP contribution is -2.05. The number of rotatable bonds is 3. The summed E-state index contributed by atoms with van der Waals surface area (Å²) in [4.78, 5) is 10.4. The van der Waals surface area contributed by atoms with E-state index in [1.54, 1.807) is 26.0 Å². The van der Waals surface area contributed by atoms with Crippen molar-refractivity contribution in [3.05, 3.63) is 48.6 Å². The van der Waals surface area contributed by atoms with Crippen LogP contribution in [0, 0.1) is 16.0 Å². The van der Waals surface area contributed by atoms with Crippen LogP contribution in [-0.2, 0) is 0 Å². The molecule has 6 heteroatoms. The van der Waals surface area contributed by atoms with E-state index in [0.717, 1.165) is 0 Å². The maximum atomic E-state index is 10.9. The third-order valence-electron chi connectivity index (χ3n) is 2.17. The highest BCUT2D eigenvalue weighted by Gasteiger charge is 2.18. The van der Waals surface area contributed by atoms with Crippen molar-refractivity contribution >= 4 is 40.9 Å². The van der Waals surface area contributed by atoms with Crippen molar-refractivity contribution in [3.63, 3.8) is 0 Å². The van der Waals surface area contributed by atoms with Gasteiger partial charge in [0, 0.05) is 22.6 Å². The van der Waals surface area contributed by atoms with Crippen molar-refractivity contribution in [2.45, 2.75) is 13.8 Å². The van der Waals surface area contributed by atoms with Gasteiger partial charge in [0.1, 0.15) is 0 Å². The first-order valence-corrected chi connectivity index (χ1v) is 5.97. The highest BCUT2D eigenvalue weighted by atomic mass is 35.5. The Balaban J connectivity index is 3.39. The first kappa shape index (κ1) is 14.3. The van der Waals surface area contributed by atoms with E-state index in [-0.39, 0.29) is 16.6 Å². The summed E-state index contributed by atoms with van der Waals surface area (Å²) in [5.74, 6) is -0.240. The van der Waals surface area contributed by atoms with E-state index in [0.29, 0.717) is 15.6 Å². The summed E-state index contributed by atoms with van der Waals surface area (Å²) < 4.78 is 0. The maximum Gasteiger partial charge on any atom is 0.249 e. The lowest BCUT2D eigenvalue weighted by Gasteiger charge is -2.06. The molecule has 0 spiro atoms. The maximum absolute atomic E-state index is 10.9. The van der Waals surface area contributed by atoms with Crippen molar-refractivity contribution in [2.24, 2.45) is 5.92 Å². The van der Waals surface area contributed by atoms with Crippen molar-refractivity contribution < 1.29 is 4.92 Å². The highest BCUT2D eigenvalue weighted by molar-refractivity contribution is 6.44. The Labute approximate surface area is 114 Å². The molecule has 1 aromatic carbocycles. The van der Waals surface area contributed by atoms with Gasteiger partial charge in [0.05, 0.1) is 15.0 Å². The van der Waals surface area contributed by atoms with E-state index < -0.39 is 4.92 Å². The quantitative estimate of drug-likeness (QED) is 0.451. The molecule has 0 heterocycles. The van der Waals surface area contributed by atoms with Gasteiger partial charge in [-0.05, 0) is 12.1 Å². The van der Waals surface area contributed by atoms with Gasteiger partial charge in [-0.1, -0.05) is 48.7 Å². The molecule has 0 N–H and O–H groups in total. The molecule has 0 aliphatic rings. The molecule has 0 bridgehead atoms. The lowest BCUT2D eigenvalue weighted by molar-refractivity contribution is -0.431. The van der Waals surface area contributed by atoms with Gasteiger partial charge in [-0.25, -0.2) is 0 Å². The zero-order chi connectivity index (χ0) is 13.2. The Morgan fingerprint density at radius 3 is 2.29 bits per heavy atom. The van der Waals surface area contributed by atoms with Gasteiger partial charge in [0.15, 0.2) is 0 Å². The van der Waals surface area contributed by atoms with E-state index in [2.05, 4.69) is 0 Å². The van der Waals surface area contributed by atoms with Crippen LogP contribution in [0.1, 0.15) is 19.4 Å². The summed E-state index contributed by atoms with van der Waals surface area (Å²) in [7, 11) is 0. The molecule has 1 aromatic rings. The number of benzene rings is 1. The molecule has 0 aliphatic heterocycles. The van der Waals surface area contributed by atoms with Crippen LogP contribution in [0.2, 0.25) is 15.1 Å². The summed E-state index contributed by atoms with van der Waals surface area (Å²) in [6, 6.07) is 3.10. The predicted octanol–water partition coefficient (Wildman–Crippen LogP) is 4.92. The molecule has 0 amide bonds. The third kappa shape index (κ3) is 3.35. The topological polar surface area (TPSA) is 43.1 Å². The van der Waals surface area contributed by atoms with E-state index in [4.69, 9.17) is 34.8 Å². The van der Waals surface area contributed by atoms with E-state index in [9.17, 15) is 10.1 Å². The average Bonchev–Trinajstić information content (AvgIpc) is 2.23. The fraction of sp³-hybridized carbons (Fsp3) is 0.273. The molecule has 0 atom stereocenters. The van der Waals surface area contributed by atoms with Gasteiger partial charge in [0.2, 0.25) is 5.70 Å². The summed E-state index contributed by atoms with van der Waals surface area (Å²) in [5.41, 5.74) is 0.414. The van der Waals surface area contributed by atoms with Crippen LogP contribution in [0.25, 0.3) is 6.08 Å². The fourth-order valence-electron chi connectivity index (χ4n) is 1.25. The summed E-state index contributed by atoms with van der Waals surface area (Å²) >= 11 is 17.8. The minimum Gasteiger partial charge on any atom is -0.259 e. The van der Waals surface area contributed by atoms with E-state index in [1.807, 2.05) is 0 Å². The normalized spacial score (nSPS) is 12.0. The Morgan fingerprint density at radius 1 is 1.29 bits per heavy atom. The summed E-state index contributed by atoms with van der Waals surface area (Å²) in [6.07, 6.45) is 1.36. The fourth-order valence-corrected chi connectivity index (χ4v) is 1.90.